The number of halogens is 4. The number of benzene rings is 1. The van der Waals surface area contributed by atoms with Crippen molar-refractivity contribution >= 4 is 24.2 Å². The fourth-order valence-corrected chi connectivity index (χ4v) is 2.88. The molecule has 1 heterocycles. The summed E-state index contributed by atoms with van der Waals surface area (Å²) in [7, 11) is 0. The van der Waals surface area contributed by atoms with Crippen molar-refractivity contribution < 1.29 is 22.8 Å². The van der Waals surface area contributed by atoms with Gasteiger partial charge in [0, 0.05) is 19.1 Å². The van der Waals surface area contributed by atoms with Crippen molar-refractivity contribution in [3.8, 4) is 0 Å². The predicted molar refractivity (Wildman–Crippen MR) is 94.0 cm³/mol. The number of alkyl halides is 3. The molecule has 146 valence electrons. The first-order chi connectivity index (χ1) is 11.5. The highest BCUT2D eigenvalue weighted by molar-refractivity contribution is 5.97. The molecule has 3 N–H and O–H groups in total. The minimum Gasteiger partial charge on any atom is -0.343 e. The van der Waals surface area contributed by atoms with E-state index >= 15 is 0 Å². The summed E-state index contributed by atoms with van der Waals surface area (Å²) >= 11 is 0. The smallest absolute Gasteiger partial charge is 0.343 e. The zero-order chi connectivity index (χ0) is 18.8. The lowest BCUT2D eigenvalue weighted by atomic mass is 9.79. The summed E-state index contributed by atoms with van der Waals surface area (Å²) in [6.07, 6.45) is -3.99. The minimum atomic E-state index is -4.63. The lowest BCUT2D eigenvalue weighted by Gasteiger charge is -2.42. The van der Waals surface area contributed by atoms with E-state index in [4.69, 9.17) is 5.73 Å². The van der Waals surface area contributed by atoms with Crippen LogP contribution in [0.4, 0.5) is 13.2 Å². The number of amides is 2. The number of nitrogens with two attached hydrogens (primary N) is 1. The largest absolute Gasteiger partial charge is 0.417 e. The first-order valence-corrected chi connectivity index (χ1v) is 8.00. The summed E-state index contributed by atoms with van der Waals surface area (Å²) in [5.41, 5.74) is 4.25. The summed E-state index contributed by atoms with van der Waals surface area (Å²) in [6, 6.07) is 4.46. The van der Waals surface area contributed by atoms with E-state index in [-0.39, 0.29) is 36.3 Å². The van der Waals surface area contributed by atoms with Crippen LogP contribution in [0.15, 0.2) is 24.3 Å². The van der Waals surface area contributed by atoms with E-state index in [1.54, 1.807) is 4.90 Å². The van der Waals surface area contributed by atoms with Crippen LogP contribution in [0.3, 0.4) is 0 Å². The maximum atomic E-state index is 13.0. The Labute approximate surface area is 156 Å². The van der Waals surface area contributed by atoms with Gasteiger partial charge in [0.25, 0.3) is 5.91 Å². The molecule has 0 radical (unpaired) electrons. The van der Waals surface area contributed by atoms with Gasteiger partial charge in [-0.05, 0) is 24.0 Å². The molecule has 1 aromatic carbocycles. The number of nitrogens with one attached hydrogen (secondary N) is 1. The van der Waals surface area contributed by atoms with Gasteiger partial charge in [0.1, 0.15) is 0 Å². The first-order valence-electron chi connectivity index (χ1n) is 8.00. The SMILES string of the molecule is CC1(C)CN(C(=O)CNC(=O)c2ccccc2C(F)(F)F)CCC1N.Cl. The summed E-state index contributed by atoms with van der Waals surface area (Å²) in [4.78, 5) is 25.9. The van der Waals surface area contributed by atoms with Gasteiger partial charge in [-0.2, -0.15) is 13.2 Å². The minimum absolute atomic E-state index is 0. The summed E-state index contributed by atoms with van der Waals surface area (Å²) in [5.74, 6) is -1.26. The quantitative estimate of drug-likeness (QED) is 0.828. The fraction of sp³-hybridized carbons (Fsp3) is 0.529. The molecule has 0 aliphatic carbocycles. The second kappa shape index (κ2) is 8.26. The van der Waals surface area contributed by atoms with E-state index < -0.39 is 23.2 Å². The summed E-state index contributed by atoms with van der Waals surface area (Å²) in [6.45, 7) is 4.47. The maximum Gasteiger partial charge on any atom is 0.417 e. The monoisotopic (exact) mass is 393 g/mol. The number of hydrogen-bond acceptors (Lipinski definition) is 3. The second-order valence-electron chi connectivity index (χ2n) is 6.93. The third-order valence-corrected chi connectivity index (χ3v) is 4.54. The van der Waals surface area contributed by atoms with Gasteiger partial charge in [-0.3, -0.25) is 9.59 Å². The topological polar surface area (TPSA) is 75.4 Å². The molecule has 2 amide bonds. The second-order valence-corrected chi connectivity index (χ2v) is 6.93. The van der Waals surface area contributed by atoms with Crippen LogP contribution in [-0.4, -0.2) is 42.4 Å². The van der Waals surface area contributed by atoms with Crippen molar-refractivity contribution in [1.82, 2.24) is 10.2 Å². The fourth-order valence-electron chi connectivity index (χ4n) is 2.88. The van der Waals surface area contributed by atoms with Crippen molar-refractivity contribution in [3.05, 3.63) is 35.4 Å². The van der Waals surface area contributed by atoms with Crippen LogP contribution >= 0.6 is 12.4 Å². The maximum absolute atomic E-state index is 13.0. The molecule has 0 spiro atoms. The van der Waals surface area contributed by atoms with Gasteiger partial charge >= 0.3 is 6.18 Å². The number of likely N-dealkylation sites (tertiary alicyclic amines) is 1. The van der Waals surface area contributed by atoms with Gasteiger partial charge in [-0.1, -0.05) is 26.0 Å². The zero-order valence-electron chi connectivity index (χ0n) is 14.6. The molecule has 1 unspecified atom stereocenters. The molecular formula is C17H23ClF3N3O2. The number of rotatable bonds is 3. The lowest BCUT2D eigenvalue weighted by molar-refractivity contribution is -0.137. The summed E-state index contributed by atoms with van der Waals surface area (Å²) < 4.78 is 38.9. The van der Waals surface area contributed by atoms with Gasteiger partial charge in [0.05, 0.1) is 17.7 Å². The number of carbonyl (C=O) groups is 2. The molecule has 2 rings (SSSR count). The number of carbonyl (C=O) groups excluding carboxylic acids is 2. The van der Waals surface area contributed by atoms with Crippen LogP contribution in [0, 0.1) is 5.41 Å². The first kappa shape index (κ1) is 22.2. The van der Waals surface area contributed by atoms with Crippen molar-refractivity contribution in [2.45, 2.75) is 32.5 Å². The van der Waals surface area contributed by atoms with Gasteiger partial charge < -0.3 is 16.0 Å². The van der Waals surface area contributed by atoms with E-state index in [1.807, 2.05) is 13.8 Å². The van der Waals surface area contributed by atoms with Crippen LogP contribution in [-0.2, 0) is 11.0 Å². The molecular weight excluding hydrogens is 371 g/mol. The molecule has 0 aromatic heterocycles. The Morgan fingerprint density at radius 2 is 1.92 bits per heavy atom. The van der Waals surface area contributed by atoms with Gasteiger partial charge in [0.15, 0.2) is 0 Å². The highest BCUT2D eigenvalue weighted by Gasteiger charge is 2.36. The average Bonchev–Trinajstić information content (AvgIpc) is 2.54. The Hall–Kier alpha value is -1.80. The van der Waals surface area contributed by atoms with E-state index in [0.29, 0.717) is 19.5 Å². The third-order valence-electron chi connectivity index (χ3n) is 4.54. The zero-order valence-corrected chi connectivity index (χ0v) is 15.4. The Morgan fingerprint density at radius 3 is 2.50 bits per heavy atom. The van der Waals surface area contributed by atoms with Crippen LogP contribution in [0.1, 0.15) is 36.2 Å². The van der Waals surface area contributed by atoms with Gasteiger partial charge in [-0.15, -0.1) is 12.4 Å². The van der Waals surface area contributed by atoms with Crippen molar-refractivity contribution in [2.24, 2.45) is 11.1 Å². The third kappa shape index (κ3) is 5.11. The van der Waals surface area contributed by atoms with E-state index in [0.717, 1.165) is 12.1 Å². The van der Waals surface area contributed by atoms with Gasteiger partial charge in [0.2, 0.25) is 5.91 Å². The summed E-state index contributed by atoms with van der Waals surface area (Å²) in [5, 5.41) is 2.29. The highest BCUT2D eigenvalue weighted by atomic mass is 35.5. The number of piperidine rings is 1. The Morgan fingerprint density at radius 1 is 1.31 bits per heavy atom. The molecule has 5 nitrogen and oxygen atoms in total. The molecule has 1 aliphatic heterocycles. The number of hydrogen-bond donors (Lipinski definition) is 2. The Kier molecular flexibility index (Phi) is 7.07. The van der Waals surface area contributed by atoms with Crippen LogP contribution in [0.25, 0.3) is 0 Å². The molecule has 1 atom stereocenters. The van der Waals surface area contributed by atoms with Crippen molar-refractivity contribution in [1.29, 1.82) is 0 Å². The van der Waals surface area contributed by atoms with E-state index in [9.17, 15) is 22.8 Å². The van der Waals surface area contributed by atoms with Crippen molar-refractivity contribution in [3.63, 3.8) is 0 Å². The van der Waals surface area contributed by atoms with E-state index in [1.165, 1.54) is 12.1 Å². The van der Waals surface area contributed by atoms with E-state index in [2.05, 4.69) is 5.32 Å². The molecule has 1 fully saturated rings. The molecule has 26 heavy (non-hydrogen) atoms. The Bertz CT molecular complexity index is 665. The molecule has 9 heteroatoms. The standard InChI is InChI=1S/C17H22F3N3O2.ClH/c1-16(2)10-23(8-7-13(16)21)14(24)9-22-15(25)11-5-3-4-6-12(11)17(18,19)20;/h3-6,13H,7-10,21H2,1-2H3,(H,22,25);1H. The predicted octanol–water partition coefficient (Wildman–Crippen LogP) is 2.44. The molecule has 0 saturated carbocycles. The molecule has 0 bridgehead atoms. The van der Waals surface area contributed by atoms with Gasteiger partial charge in [-0.25, -0.2) is 0 Å². The molecule has 1 aliphatic rings. The van der Waals surface area contributed by atoms with Crippen LogP contribution in [0.5, 0.6) is 0 Å². The number of nitrogens with zero attached hydrogens (tertiary/aromatic N) is 1. The normalized spacial score (nSPS) is 19.5. The van der Waals surface area contributed by atoms with Crippen molar-refractivity contribution in [2.75, 3.05) is 19.6 Å². The lowest BCUT2D eigenvalue weighted by Crippen LogP contribution is -2.55. The average molecular weight is 394 g/mol. The molecule has 1 saturated heterocycles. The highest BCUT2D eigenvalue weighted by Crippen LogP contribution is 2.32. The molecule has 1 aromatic rings. The van der Waals surface area contributed by atoms with Crippen LogP contribution in [0.2, 0.25) is 0 Å². The van der Waals surface area contributed by atoms with Crippen LogP contribution < -0.4 is 11.1 Å². The Balaban J connectivity index is 0.00000338.